The molecule has 0 saturated heterocycles. The summed E-state index contributed by atoms with van der Waals surface area (Å²) in [6.07, 6.45) is -3.69. The maximum absolute atomic E-state index is 12.2. The zero-order valence-electron chi connectivity index (χ0n) is 8.70. The molecule has 0 atom stereocenters. The highest BCUT2D eigenvalue weighted by atomic mass is 35.5. The van der Waals surface area contributed by atoms with E-state index >= 15 is 0 Å². The monoisotopic (exact) mass is 285 g/mol. The van der Waals surface area contributed by atoms with Crippen molar-refractivity contribution >= 4 is 23.5 Å². The number of amides is 1. The van der Waals surface area contributed by atoms with E-state index in [-0.39, 0.29) is 10.5 Å². The van der Waals surface area contributed by atoms with Crippen LogP contribution in [0.25, 0.3) is 0 Å². The maximum Gasteiger partial charge on any atom is 0.406 e. The van der Waals surface area contributed by atoms with Gasteiger partial charge in [-0.05, 0) is 17.7 Å². The van der Waals surface area contributed by atoms with Crippen LogP contribution in [0.1, 0.15) is 10.4 Å². The van der Waals surface area contributed by atoms with E-state index in [1.165, 1.54) is 0 Å². The molecular weight excluding hydrogens is 279 g/mol. The summed E-state index contributed by atoms with van der Waals surface area (Å²) in [6.45, 7) is -2.76. The highest BCUT2D eigenvalue weighted by molar-refractivity contribution is 6.32. The number of carboxylic acids is 1. The molecule has 9 heteroatoms. The molecule has 0 aliphatic rings. The van der Waals surface area contributed by atoms with Gasteiger partial charge >= 0.3 is 12.1 Å². The molecule has 1 heterocycles. The Balaban J connectivity index is 2.93. The van der Waals surface area contributed by atoms with E-state index in [4.69, 9.17) is 16.7 Å². The van der Waals surface area contributed by atoms with Crippen molar-refractivity contribution in [3.8, 4) is 0 Å². The lowest BCUT2D eigenvalue weighted by molar-refractivity contribution is -0.149. The Morgan fingerprint density at radius 1 is 1.44 bits per heavy atom. The van der Waals surface area contributed by atoms with Crippen LogP contribution < -0.4 is 0 Å². The fourth-order valence-electron chi connectivity index (χ4n) is 1.20. The van der Waals surface area contributed by atoms with Gasteiger partial charge in [0.2, 0.25) is 5.22 Å². The van der Waals surface area contributed by atoms with E-state index in [0.29, 0.717) is 0 Å². The van der Waals surface area contributed by atoms with E-state index in [1.807, 2.05) is 0 Å². The predicted octanol–water partition coefficient (Wildman–Crippen LogP) is 2.02. The molecule has 1 aromatic heterocycles. The zero-order chi connectivity index (χ0) is 13.9. The predicted molar refractivity (Wildman–Crippen MR) is 53.3 cm³/mol. The number of rotatable bonds is 4. The van der Waals surface area contributed by atoms with E-state index in [0.717, 1.165) is 12.3 Å². The highest BCUT2D eigenvalue weighted by Gasteiger charge is 2.35. The first-order chi connectivity index (χ1) is 8.20. The molecule has 0 unspecified atom stereocenters. The first kappa shape index (κ1) is 14.4. The maximum atomic E-state index is 12.2. The summed E-state index contributed by atoms with van der Waals surface area (Å²) in [6, 6.07) is 1.07. The molecule has 5 nitrogen and oxygen atoms in total. The molecule has 18 heavy (non-hydrogen) atoms. The Morgan fingerprint density at radius 2 is 2.06 bits per heavy atom. The number of alkyl halides is 3. The molecule has 0 aromatic carbocycles. The molecule has 1 amide bonds. The van der Waals surface area contributed by atoms with Crippen LogP contribution in [0.3, 0.4) is 0 Å². The molecule has 100 valence electrons. The van der Waals surface area contributed by atoms with Gasteiger partial charge in [-0.2, -0.15) is 13.2 Å². The van der Waals surface area contributed by atoms with E-state index in [1.54, 1.807) is 0 Å². The normalized spacial score (nSPS) is 11.3. The number of nitrogens with zero attached hydrogens (tertiary/aromatic N) is 1. The highest BCUT2D eigenvalue weighted by Crippen LogP contribution is 2.22. The zero-order valence-corrected chi connectivity index (χ0v) is 9.46. The van der Waals surface area contributed by atoms with Crippen molar-refractivity contribution in [3.05, 3.63) is 23.1 Å². The van der Waals surface area contributed by atoms with Crippen molar-refractivity contribution in [2.24, 2.45) is 0 Å². The van der Waals surface area contributed by atoms with Crippen LogP contribution in [0, 0.1) is 0 Å². The van der Waals surface area contributed by atoms with Crippen LogP contribution >= 0.6 is 11.6 Å². The molecule has 0 aliphatic heterocycles. The summed E-state index contributed by atoms with van der Waals surface area (Å²) in [5.41, 5.74) is -0.317. The second kappa shape index (κ2) is 5.30. The Hall–Kier alpha value is -1.70. The summed E-state index contributed by atoms with van der Waals surface area (Å²) >= 11 is 5.44. The number of carbonyl (C=O) groups excluding carboxylic acids is 1. The largest absolute Gasteiger partial charge is 0.480 e. The van der Waals surface area contributed by atoms with Crippen molar-refractivity contribution < 1.29 is 32.3 Å². The van der Waals surface area contributed by atoms with Crippen LogP contribution in [0.4, 0.5) is 13.2 Å². The molecule has 1 aromatic rings. The van der Waals surface area contributed by atoms with Crippen LogP contribution in [0.2, 0.25) is 5.22 Å². The first-order valence-corrected chi connectivity index (χ1v) is 4.89. The Bertz CT molecular complexity index is 457. The minimum Gasteiger partial charge on any atom is -0.480 e. The van der Waals surface area contributed by atoms with E-state index < -0.39 is 36.4 Å². The second-order valence-electron chi connectivity index (χ2n) is 3.28. The fourth-order valence-corrected chi connectivity index (χ4v) is 1.39. The van der Waals surface area contributed by atoms with Gasteiger partial charge in [-0.15, -0.1) is 0 Å². The van der Waals surface area contributed by atoms with Crippen molar-refractivity contribution in [3.63, 3.8) is 0 Å². The van der Waals surface area contributed by atoms with Gasteiger partial charge in [0.1, 0.15) is 13.1 Å². The Labute approximate surface area is 104 Å². The molecule has 0 saturated carbocycles. The summed E-state index contributed by atoms with van der Waals surface area (Å²) in [7, 11) is 0. The fraction of sp³-hybridized carbons (Fsp3) is 0.333. The molecule has 1 N–H and O–H groups in total. The van der Waals surface area contributed by atoms with Gasteiger partial charge in [-0.25, -0.2) is 0 Å². The van der Waals surface area contributed by atoms with Gasteiger partial charge < -0.3 is 14.4 Å². The minimum absolute atomic E-state index is 0.124. The molecule has 1 rings (SSSR count). The lowest BCUT2D eigenvalue weighted by atomic mass is 10.3. The van der Waals surface area contributed by atoms with E-state index in [9.17, 15) is 22.8 Å². The van der Waals surface area contributed by atoms with E-state index in [2.05, 4.69) is 4.42 Å². The third kappa shape index (κ3) is 3.95. The lowest BCUT2D eigenvalue weighted by Gasteiger charge is -2.21. The Kier molecular flexibility index (Phi) is 4.23. The average molecular weight is 286 g/mol. The van der Waals surface area contributed by atoms with Gasteiger partial charge in [-0.1, -0.05) is 0 Å². The quantitative estimate of drug-likeness (QED) is 0.919. The first-order valence-electron chi connectivity index (χ1n) is 4.51. The second-order valence-corrected chi connectivity index (χ2v) is 3.62. The summed E-state index contributed by atoms with van der Waals surface area (Å²) in [5.74, 6) is -2.72. The SMILES string of the molecule is O=C(O)CN(CC(F)(F)F)C(=O)c1ccoc1Cl. The van der Waals surface area contributed by atoms with Crippen molar-refractivity contribution in [1.29, 1.82) is 0 Å². The van der Waals surface area contributed by atoms with Gasteiger partial charge in [0.15, 0.2) is 0 Å². The molecular formula is C9H7ClF3NO4. The number of hydrogen-bond donors (Lipinski definition) is 1. The summed E-state index contributed by atoms with van der Waals surface area (Å²) < 4.78 is 41.2. The average Bonchev–Trinajstić information content (AvgIpc) is 2.59. The van der Waals surface area contributed by atoms with Crippen LogP contribution in [-0.4, -0.2) is 41.1 Å². The standard InChI is InChI=1S/C9H7ClF3NO4/c10-7-5(1-2-18-7)8(17)14(3-6(15)16)4-9(11,12)13/h1-2H,3-4H2,(H,15,16). The van der Waals surface area contributed by atoms with Crippen molar-refractivity contribution in [2.45, 2.75) is 6.18 Å². The van der Waals surface area contributed by atoms with Crippen molar-refractivity contribution in [2.75, 3.05) is 13.1 Å². The van der Waals surface area contributed by atoms with Gasteiger partial charge in [0.05, 0.1) is 11.8 Å². The summed E-state index contributed by atoms with van der Waals surface area (Å²) in [5, 5.41) is 8.09. The number of aliphatic carboxylic acids is 1. The molecule has 0 bridgehead atoms. The molecule has 0 spiro atoms. The Morgan fingerprint density at radius 3 is 2.44 bits per heavy atom. The number of carbonyl (C=O) groups is 2. The number of furan rings is 1. The summed E-state index contributed by atoms with van der Waals surface area (Å²) in [4.78, 5) is 22.2. The number of halogens is 4. The molecule has 0 fully saturated rings. The third-order valence-electron chi connectivity index (χ3n) is 1.83. The van der Waals surface area contributed by atoms with Gasteiger partial charge in [0, 0.05) is 0 Å². The van der Waals surface area contributed by atoms with Gasteiger partial charge in [-0.3, -0.25) is 9.59 Å². The lowest BCUT2D eigenvalue weighted by Crippen LogP contribution is -2.42. The van der Waals surface area contributed by atoms with Crippen LogP contribution in [0.15, 0.2) is 16.7 Å². The van der Waals surface area contributed by atoms with Crippen molar-refractivity contribution in [1.82, 2.24) is 4.90 Å². The number of hydrogen-bond acceptors (Lipinski definition) is 3. The topological polar surface area (TPSA) is 70.8 Å². The smallest absolute Gasteiger partial charge is 0.406 e. The minimum atomic E-state index is -4.71. The van der Waals surface area contributed by atoms with Gasteiger partial charge in [0.25, 0.3) is 5.91 Å². The molecule has 0 radical (unpaired) electrons. The molecule has 0 aliphatic carbocycles. The third-order valence-corrected chi connectivity index (χ3v) is 2.12. The number of carboxylic acid groups (broad SMARTS) is 1. The van der Waals surface area contributed by atoms with Crippen LogP contribution in [-0.2, 0) is 4.79 Å². The van der Waals surface area contributed by atoms with Crippen LogP contribution in [0.5, 0.6) is 0 Å².